The van der Waals surface area contributed by atoms with Crippen molar-refractivity contribution in [3.05, 3.63) is 36.5 Å². The molecule has 0 aliphatic rings. The zero-order valence-electron chi connectivity index (χ0n) is 28.9. The monoisotopic (exact) mass is 619 g/mol. The minimum atomic E-state index is -0.971. The van der Waals surface area contributed by atoms with Crippen LogP contribution in [0.1, 0.15) is 181 Å². The maximum atomic E-state index is 11.9. The third-order valence-electron chi connectivity index (χ3n) is 7.85. The third kappa shape index (κ3) is 34.6. The Labute approximate surface area is 272 Å². The summed E-state index contributed by atoms with van der Waals surface area (Å²) in [6, 6.07) is 0. The first-order valence-electron chi connectivity index (χ1n) is 18.5. The van der Waals surface area contributed by atoms with Gasteiger partial charge in [-0.25, -0.2) is 0 Å². The molecule has 0 bridgehead atoms. The van der Waals surface area contributed by atoms with Crippen LogP contribution in [0.25, 0.3) is 0 Å². The van der Waals surface area contributed by atoms with Gasteiger partial charge in [0.25, 0.3) is 0 Å². The topological polar surface area (TPSA) is 72.8 Å². The van der Waals surface area contributed by atoms with Crippen molar-refractivity contribution >= 4 is 11.9 Å². The summed E-state index contributed by atoms with van der Waals surface area (Å²) in [7, 11) is 0. The SMILES string of the molecule is CCCCC/C=C/C/C=C/CCCCCCCC(=O)OC[C@@H](O)COC(=O)CCCCCCC/C=C/CCCCCCCC. The van der Waals surface area contributed by atoms with E-state index >= 15 is 0 Å². The van der Waals surface area contributed by atoms with Crippen LogP contribution >= 0.6 is 0 Å². The number of aliphatic hydroxyl groups is 1. The van der Waals surface area contributed by atoms with Crippen molar-refractivity contribution in [2.45, 2.75) is 187 Å². The van der Waals surface area contributed by atoms with Crippen molar-refractivity contribution in [1.29, 1.82) is 0 Å². The van der Waals surface area contributed by atoms with Crippen LogP contribution in [0.3, 0.4) is 0 Å². The van der Waals surface area contributed by atoms with Gasteiger partial charge in [-0.05, 0) is 70.6 Å². The van der Waals surface area contributed by atoms with Crippen molar-refractivity contribution in [3.8, 4) is 0 Å². The molecule has 0 rings (SSSR count). The molecule has 0 radical (unpaired) electrons. The van der Waals surface area contributed by atoms with Crippen molar-refractivity contribution in [1.82, 2.24) is 0 Å². The van der Waals surface area contributed by atoms with Crippen molar-refractivity contribution < 1.29 is 24.2 Å². The second-order valence-corrected chi connectivity index (χ2v) is 12.3. The van der Waals surface area contributed by atoms with Crippen LogP contribution in [0.5, 0.6) is 0 Å². The third-order valence-corrected chi connectivity index (χ3v) is 7.85. The first kappa shape index (κ1) is 42.1. The van der Waals surface area contributed by atoms with Crippen molar-refractivity contribution in [3.63, 3.8) is 0 Å². The fourth-order valence-electron chi connectivity index (χ4n) is 4.99. The van der Waals surface area contributed by atoms with Gasteiger partial charge in [-0.3, -0.25) is 9.59 Å². The van der Waals surface area contributed by atoms with Crippen molar-refractivity contribution in [2.24, 2.45) is 0 Å². The highest BCUT2D eigenvalue weighted by Gasteiger charge is 2.12. The van der Waals surface area contributed by atoms with E-state index in [1.165, 1.54) is 96.3 Å². The van der Waals surface area contributed by atoms with Crippen LogP contribution in [-0.4, -0.2) is 36.4 Å². The van der Waals surface area contributed by atoms with Gasteiger partial charge in [0.2, 0.25) is 0 Å². The molecular weight excluding hydrogens is 548 g/mol. The first-order chi connectivity index (χ1) is 21.6. The number of esters is 2. The Morgan fingerprint density at radius 1 is 0.477 bits per heavy atom. The lowest BCUT2D eigenvalue weighted by Crippen LogP contribution is -2.25. The lowest BCUT2D eigenvalue weighted by Gasteiger charge is -2.12. The molecule has 0 fully saturated rings. The van der Waals surface area contributed by atoms with E-state index in [4.69, 9.17) is 9.47 Å². The first-order valence-corrected chi connectivity index (χ1v) is 18.5. The standard InChI is InChI=1S/C39H70O5/c1-3-5-7-9-11-13-15-17-19-21-23-25-27-29-31-33-38(41)43-35-37(40)36-44-39(42)34-32-30-28-26-24-22-20-18-16-14-12-10-8-6-4-2/h11,13,17-20,37,40H,3-10,12,14-16,21-36H2,1-2H3/b13-11+,19-17+,20-18+/t37-/m1/s1. The van der Waals surface area contributed by atoms with Gasteiger partial charge in [0.05, 0.1) is 0 Å². The number of aliphatic hydroxyl groups excluding tert-OH is 1. The van der Waals surface area contributed by atoms with E-state index in [2.05, 4.69) is 50.3 Å². The Hall–Kier alpha value is -1.88. The predicted molar refractivity (Wildman–Crippen MR) is 187 cm³/mol. The van der Waals surface area contributed by atoms with Gasteiger partial charge < -0.3 is 14.6 Å². The van der Waals surface area contributed by atoms with E-state index in [-0.39, 0.29) is 25.2 Å². The molecule has 44 heavy (non-hydrogen) atoms. The summed E-state index contributed by atoms with van der Waals surface area (Å²) < 4.78 is 10.3. The Bertz CT molecular complexity index is 711. The van der Waals surface area contributed by atoms with Crippen LogP contribution in [0.2, 0.25) is 0 Å². The molecule has 0 saturated heterocycles. The number of carbonyl (C=O) groups excluding carboxylic acids is 2. The molecule has 0 heterocycles. The van der Waals surface area contributed by atoms with Crippen LogP contribution < -0.4 is 0 Å². The average molecular weight is 619 g/mol. The molecule has 0 aromatic carbocycles. The van der Waals surface area contributed by atoms with E-state index in [9.17, 15) is 14.7 Å². The molecule has 0 aliphatic carbocycles. The molecule has 1 atom stereocenters. The second kappa shape index (κ2) is 35.6. The van der Waals surface area contributed by atoms with Gasteiger partial charge in [-0.1, -0.05) is 134 Å². The quantitative estimate of drug-likeness (QED) is 0.0450. The smallest absolute Gasteiger partial charge is 0.305 e. The molecule has 0 aliphatic heterocycles. The molecule has 0 saturated carbocycles. The van der Waals surface area contributed by atoms with Crippen LogP contribution in [0.15, 0.2) is 36.5 Å². The normalized spacial score (nSPS) is 12.5. The van der Waals surface area contributed by atoms with Gasteiger partial charge >= 0.3 is 11.9 Å². The summed E-state index contributed by atoms with van der Waals surface area (Å²) >= 11 is 0. The number of rotatable bonds is 33. The van der Waals surface area contributed by atoms with Gasteiger partial charge in [-0.15, -0.1) is 0 Å². The summed E-state index contributed by atoms with van der Waals surface area (Å²) in [5.74, 6) is -0.590. The second-order valence-electron chi connectivity index (χ2n) is 12.3. The largest absolute Gasteiger partial charge is 0.463 e. The molecule has 0 aromatic rings. The van der Waals surface area contributed by atoms with Gasteiger partial charge in [0.1, 0.15) is 19.3 Å². The maximum Gasteiger partial charge on any atom is 0.305 e. The molecule has 0 aromatic heterocycles. The number of allylic oxidation sites excluding steroid dienone is 6. The highest BCUT2D eigenvalue weighted by Crippen LogP contribution is 2.11. The molecule has 0 spiro atoms. The van der Waals surface area contributed by atoms with E-state index in [1.807, 2.05) is 0 Å². The molecular formula is C39H70O5. The molecule has 1 N–H and O–H groups in total. The molecule has 256 valence electrons. The average Bonchev–Trinajstić information content (AvgIpc) is 3.02. The summed E-state index contributed by atoms with van der Waals surface area (Å²) in [6.45, 7) is 4.24. The fraction of sp³-hybridized carbons (Fsp3) is 0.795. The Morgan fingerprint density at radius 2 is 0.795 bits per heavy atom. The minimum Gasteiger partial charge on any atom is -0.463 e. The number of hydrogen-bond donors (Lipinski definition) is 1. The van der Waals surface area contributed by atoms with Crippen LogP contribution in [0, 0.1) is 0 Å². The van der Waals surface area contributed by atoms with Crippen molar-refractivity contribution in [2.75, 3.05) is 13.2 Å². The number of unbranched alkanes of at least 4 members (excludes halogenated alkanes) is 19. The summed E-state index contributed by atoms with van der Waals surface area (Å²) in [6.07, 6.45) is 41.9. The highest BCUT2D eigenvalue weighted by atomic mass is 16.6. The Morgan fingerprint density at radius 3 is 1.23 bits per heavy atom. The lowest BCUT2D eigenvalue weighted by atomic mass is 10.1. The Balaban J connectivity index is 3.48. The van der Waals surface area contributed by atoms with Gasteiger partial charge in [0.15, 0.2) is 0 Å². The van der Waals surface area contributed by atoms with Crippen LogP contribution in [0.4, 0.5) is 0 Å². The van der Waals surface area contributed by atoms with E-state index in [1.54, 1.807) is 0 Å². The lowest BCUT2D eigenvalue weighted by molar-refractivity contribution is -0.152. The number of hydrogen-bond acceptors (Lipinski definition) is 5. The molecule has 5 nitrogen and oxygen atoms in total. The minimum absolute atomic E-state index is 0.124. The van der Waals surface area contributed by atoms with Gasteiger partial charge in [-0.2, -0.15) is 0 Å². The number of ether oxygens (including phenoxy) is 2. The van der Waals surface area contributed by atoms with E-state index in [0.717, 1.165) is 57.8 Å². The molecule has 0 amide bonds. The summed E-state index contributed by atoms with van der Waals surface area (Å²) in [5, 5.41) is 9.99. The zero-order valence-corrected chi connectivity index (χ0v) is 28.9. The molecule has 5 heteroatoms. The highest BCUT2D eigenvalue weighted by molar-refractivity contribution is 5.69. The number of carbonyl (C=O) groups is 2. The predicted octanol–water partition coefficient (Wildman–Crippen LogP) is 11.3. The summed E-state index contributed by atoms with van der Waals surface area (Å²) in [5.41, 5.74) is 0. The zero-order chi connectivity index (χ0) is 32.2. The van der Waals surface area contributed by atoms with Gasteiger partial charge in [0, 0.05) is 12.8 Å². The fourth-order valence-corrected chi connectivity index (χ4v) is 4.99. The maximum absolute atomic E-state index is 11.9. The summed E-state index contributed by atoms with van der Waals surface area (Å²) in [4.78, 5) is 23.9. The Kier molecular flexibility index (Phi) is 34.1. The van der Waals surface area contributed by atoms with E-state index < -0.39 is 6.10 Å². The van der Waals surface area contributed by atoms with E-state index in [0.29, 0.717) is 12.8 Å². The van der Waals surface area contributed by atoms with Crippen LogP contribution in [-0.2, 0) is 19.1 Å². The molecule has 0 unspecified atom stereocenters.